The number of carboxylic acid groups (broad SMARTS) is 1. The third kappa shape index (κ3) is 2.62. The molecule has 1 saturated heterocycles. The molecule has 0 saturated carbocycles. The molecule has 1 aromatic carbocycles. The Morgan fingerprint density at radius 1 is 1.30 bits per heavy atom. The highest BCUT2D eigenvalue weighted by molar-refractivity contribution is 7.08. The van der Waals surface area contributed by atoms with Gasteiger partial charge < -0.3 is 5.11 Å². The lowest BCUT2D eigenvalue weighted by atomic mass is 9.99. The molecule has 4 heteroatoms. The van der Waals surface area contributed by atoms with Crippen LogP contribution in [0.15, 0.2) is 47.2 Å². The van der Waals surface area contributed by atoms with Crippen LogP contribution in [0.1, 0.15) is 29.5 Å². The summed E-state index contributed by atoms with van der Waals surface area (Å²) >= 11 is 1.55. The van der Waals surface area contributed by atoms with E-state index in [2.05, 4.69) is 17.0 Å². The molecular formula is C16H17NO2S. The monoisotopic (exact) mass is 287 g/mol. The van der Waals surface area contributed by atoms with Crippen LogP contribution in [0.2, 0.25) is 0 Å². The van der Waals surface area contributed by atoms with Gasteiger partial charge in [0.25, 0.3) is 0 Å². The second-order valence-corrected chi connectivity index (χ2v) is 5.97. The van der Waals surface area contributed by atoms with Gasteiger partial charge >= 0.3 is 5.97 Å². The maximum atomic E-state index is 11.6. The fourth-order valence-electron chi connectivity index (χ4n) is 2.96. The number of benzene rings is 1. The second kappa shape index (κ2) is 5.77. The lowest BCUT2D eigenvalue weighted by molar-refractivity contribution is -0.143. The number of rotatable bonds is 4. The molecule has 1 aromatic heterocycles. The molecule has 2 heterocycles. The van der Waals surface area contributed by atoms with Gasteiger partial charge in [-0.3, -0.25) is 9.69 Å². The highest BCUT2D eigenvalue weighted by atomic mass is 32.1. The number of carbonyl (C=O) groups is 1. The summed E-state index contributed by atoms with van der Waals surface area (Å²) in [5.74, 6) is -0.311. The van der Waals surface area contributed by atoms with Crippen molar-refractivity contribution < 1.29 is 9.90 Å². The Balaban J connectivity index is 1.77. The van der Waals surface area contributed by atoms with E-state index in [0.717, 1.165) is 25.1 Å². The summed E-state index contributed by atoms with van der Waals surface area (Å²) in [6.07, 6.45) is 1.03. The van der Waals surface area contributed by atoms with E-state index in [-0.39, 0.29) is 0 Å². The van der Waals surface area contributed by atoms with Crippen LogP contribution in [0.3, 0.4) is 0 Å². The maximum Gasteiger partial charge on any atom is 0.325 e. The molecule has 1 aliphatic rings. The first kappa shape index (κ1) is 13.3. The van der Waals surface area contributed by atoms with E-state index in [1.54, 1.807) is 11.3 Å². The van der Waals surface area contributed by atoms with Crippen molar-refractivity contribution in [3.63, 3.8) is 0 Å². The van der Waals surface area contributed by atoms with Crippen molar-refractivity contribution in [2.45, 2.75) is 18.4 Å². The molecular weight excluding hydrogens is 270 g/mol. The van der Waals surface area contributed by atoms with Crippen molar-refractivity contribution in [3.8, 4) is 0 Å². The van der Waals surface area contributed by atoms with Gasteiger partial charge in [0.2, 0.25) is 0 Å². The Labute approximate surface area is 122 Å². The third-order valence-electron chi connectivity index (χ3n) is 3.95. The van der Waals surface area contributed by atoms with E-state index in [0.29, 0.717) is 5.92 Å². The van der Waals surface area contributed by atoms with Gasteiger partial charge in [-0.15, -0.1) is 0 Å². The molecule has 3 rings (SSSR count). The summed E-state index contributed by atoms with van der Waals surface area (Å²) in [6.45, 7) is 1.66. The summed E-state index contributed by atoms with van der Waals surface area (Å²) in [7, 11) is 0. The average molecular weight is 287 g/mol. The first-order valence-electron chi connectivity index (χ1n) is 6.79. The van der Waals surface area contributed by atoms with Gasteiger partial charge in [0.05, 0.1) is 0 Å². The molecule has 0 bridgehead atoms. The predicted octanol–water partition coefficient (Wildman–Crippen LogP) is 3.36. The number of thiophene rings is 1. The van der Waals surface area contributed by atoms with Gasteiger partial charge in [0.1, 0.15) is 6.04 Å². The number of nitrogens with zero attached hydrogens (tertiary/aromatic N) is 1. The second-order valence-electron chi connectivity index (χ2n) is 5.19. The first-order chi connectivity index (χ1) is 9.75. The zero-order valence-electron chi connectivity index (χ0n) is 11.1. The number of hydrogen-bond donors (Lipinski definition) is 1. The van der Waals surface area contributed by atoms with Crippen molar-refractivity contribution in [3.05, 3.63) is 58.3 Å². The Morgan fingerprint density at radius 2 is 2.10 bits per heavy atom. The van der Waals surface area contributed by atoms with Crippen LogP contribution in [-0.2, 0) is 4.79 Å². The molecule has 0 spiro atoms. The molecule has 1 fully saturated rings. The normalized spacial score (nSPS) is 20.9. The molecule has 0 amide bonds. The van der Waals surface area contributed by atoms with Crippen LogP contribution in [0.25, 0.3) is 0 Å². The summed E-state index contributed by atoms with van der Waals surface area (Å²) in [5.41, 5.74) is 2.21. The number of carboxylic acids is 1. The van der Waals surface area contributed by atoms with Crippen molar-refractivity contribution in [1.82, 2.24) is 4.90 Å². The standard InChI is InChI=1S/C16H17NO2S/c18-16(19)15(14-7-9-20-11-14)17-8-6-13(10-17)12-4-2-1-3-5-12/h1-5,7,9,11,13,15H,6,8,10H2,(H,18,19)/t13-,15-/m1/s1. The Kier molecular flexibility index (Phi) is 3.85. The molecule has 0 aliphatic carbocycles. The Hall–Kier alpha value is -1.65. The molecule has 1 N–H and O–H groups in total. The number of likely N-dealkylation sites (tertiary alicyclic amines) is 1. The van der Waals surface area contributed by atoms with Crippen LogP contribution < -0.4 is 0 Å². The minimum atomic E-state index is -0.753. The lowest BCUT2D eigenvalue weighted by Gasteiger charge is -2.23. The smallest absolute Gasteiger partial charge is 0.325 e. The van der Waals surface area contributed by atoms with Gasteiger partial charge in [-0.1, -0.05) is 30.3 Å². The number of hydrogen-bond acceptors (Lipinski definition) is 3. The molecule has 2 atom stereocenters. The van der Waals surface area contributed by atoms with Gasteiger partial charge in [-0.2, -0.15) is 11.3 Å². The van der Waals surface area contributed by atoms with Crippen LogP contribution in [-0.4, -0.2) is 29.1 Å². The predicted molar refractivity (Wildman–Crippen MR) is 80.1 cm³/mol. The topological polar surface area (TPSA) is 40.5 Å². The molecule has 1 aliphatic heterocycles. The van der Waals surface area contributed by atoms with E-state index in [1.165, 1.54) is 5.56 Å². The quantitative estimate of drug-likeness (QED) is 0.937. The van der Waals surface area contributed by atoms with Crippen LogP contribution in [0.4, 0.5) is 0 Å². The molecule has 104 valence electrons. The molecule has 3 nitrogen and oxygen atoms in total. The van der Waals surface area contributed by atoms with Crippen molar-refractivity contribution in [2.75, 3.05) is 13.1 Å². The van der Waals surface area contributed by atoms with Gasteiger partial charge in [-0.05, 0) is 46.8 Å². The Bertz CT molecular complexity index is 567. The van der Waals surface area contributed by atoms with Crippen molar-refractivity contribution in [1.29, 1.82) is 0 Å². The highest BCUT2D eigenvalue weighted by Gasteiger charge is 2.34. The van der Waals surface area contributed by atoms with Gasteiger partial charge in [0.15, 0.2) is 0 Å². The Morgan fingerprint density at radius 3 is 2.75 bits per heavy atom. The SMILES string of the molecule is O=C(O)[C@@H](c1ccsc1)N1CC[C@@H](c2ccccc2)C1. The van der Waals surface area contributed by atoms with E-state index in [1.807, 2.05) is 35.0 Å². The lowest BCUT2D eigenvalue weighted by Crippen LogP contribution is -2.32. The molecule has 20 heavy (non-hydrogen) atoms. The summed E-state index contributed by atoms with van der Waals surface area (Å²) < 4.78 is 0. The summed E-state index contributed by atoms with van der Waals surface area (Å²) in [4.78, 5) is 13.7. The van der Waals surface area contributed by atoms with Crippen LogP contribution in [0, 0.1) is 0 Å². The third-order valence-corrected chi connectivity index (χ3v) is 4.65. The van der Waals surface area contributed by atoms with Crippen LogP contribution >= 0.6 is 11.3 Å². The van der Waals surface area contributed by atoms with E-state index < -0.39 is 12.0 Å². The van der Waals surface area contributed by atoms with Crippen molar-refractivity contribution >= 4 is 17.3 Å². The summed E-state index contributed by atoms with van der Waals surface area (Å²) in [6, 6.07) is 11.8. The zero-order valence-corrected chi connectivity index (χ0v) is 11.9. The molecule has 0 unspecified atom stereocenters. The fourth-order valence-corrected chi connectivity index (χ4v) is 3.64. The minimum absolute atomic E-state index is 0.441. The highest BCUT2D eigenvalue weighted by Crippen LogP contribution is 2.33. The zero-order chi connectivity index (χ0) is 13.9. The van der Waals surface area contributed by atoms with Crippen molar-refractivity contribution in [2.24, 2.45) is 0 Å². The molecule has 2 aromatic rings. The first-order valence-corrected chi connectivity index (χ1v) is 7.74. The maximum absolute atomic E-state index is 11.6. The minimum Gasteiger partial charge on any atom is -0.480 e. The van der Waals surface area contributed by atoms with Gasteiger partial charge in [0, 0.05) is 6.54 Å². The number of aliphatic carboxylic acids is 1. The fraction of sp³-hybridized carbons (Fsp3) is 0.312. The summed E-state index contributed by atoms with van der Waals surface area (Å²) in [5, 5.41) is 13.4. The molecule has 0 radical (unpaired) electrons. The van der Waals surface area contributed by atoms with Gasteiger partial charge in [-0.25, -0.2) is 0 Å². The largest absolute Gasteiger partial charge is 0.480 e. The van der Waals surface area contributed by atoms with E-state index in [4.69, 9.17) is 0 Å². The van der Waals surface area contributed by atoms with Crippen LogP contribution in [0.5, 0.6) is 0 Å². The van der Waals surface area contributed by atoms with E-state index >= 15 is 0 Å². The van der Waals surface area contributed by atoms with E-state index in [9.17, 15) is 9.90 Å². The average Bonchev–Trinajstić information content (AvgIpc) is 3.12.